The fourth-order valence-corrected chi connectivity index (χ4v) is 3.54. The Balaban J connectivity index is 1.69. The lowest BCUT2D eigenvalue weighted by molar-refractivity contribution is 0.690. The molecule has 0 radical (unpaired) electrons. The number of rotatable bonds is 4. The van der Waals surface area contributed by atoms with Crippen molar-refractivity contribution in [3.8, 4) is 0 Å². The molecule has 2 aromatic carbocycles. The third kappa shape index (κ3) is 4.90. The van der Waals surface area contributed by atoms with Crippen LogP contribution in [0.3, 0.4) is 0 Å². The molecule has 0 amide bonds. The van der Waals surface area contributed by atoms with E-state index in [1.807, 2.05) is 36.4 Å². The Kier molecular flexibility index (Phi) is 6.42. The number of anilines is 2. The van der Waals surface area contributed by atoms with Crippen LogP contribution in [0.4, 0.5) is 11.5 Å². The summed E-state index contributed by atoms with van der Waals surface area (Å²) in [5.74, 6) is 0.449. The predicted octanol–water partition coefficient (Wildman–Crippen LogP) is 6.46. The van der Waals surface area contributed by atoms with Gasteiger partial charge in [0, 0.05) is 15.7 Å². The van der Waals surface area contributed by atoms with Gasteiger partial charge in [-0.3, -0.25) is 4.68 Å². The molecule has 1 heterocycles. The highest BCUT2D eigenvalue weighted by atomic mass is 79.9. The van der Waals surface area contributed by atoms with Gasteiger partial charge in [-0.2, -0.15) is 5.10 Å². The lowest BCUT2D eigenvalue weighted by atomic mass is 10.2. The number of benzene rings is 2. The second-order valence-electron chi connectivity index (χ2n) is 5.32. The first-order chi connectivity index (χ1) is 12.4. The van der Waals surface area contributed by atoms with E-state index in [1.165, 1.54) is 0 Å². The Labute approximate surface area is 179 Å². The molecule has 0 aliphatic heterocycles. The first kappa shape index (κ1) is 19.5. The van der Waals surface area contributed by atoms with Gasteiger partial charge >= 0.3 is 0 Å². The molecule has 0 aliphatic rings. The molecule has 3 rings (SSSR count). The molecule has 0 spiro atoms. The second kappa shape index (κ2) is 8.59. The van der Waals surface area contributed by atoms with Crippen LogP contribution in [0, 0.1) is 0 Å². The number of hydrogen-bond acceptors (Lipinski definition) is 2. The lowest BCUT2D eigenvalue weighted by Gasteiger charge is -2.10. The minimum atomic E-state index is 0.333. The van der Waals surface area contributed by atoms with Crippen LogP contribution in [0.5, 0.6) is 0 Å². The molecule has 0 saturated heterocycles. The van der Waals surface area contributed by atoms with E-state index in [-0.39, 0.29) is 0 Å². The molecule has 3 aromatic rings. The molecule has 1 aromatic heterocycles. The van der Waals surface area contributed by atoms with Crippen molar-refractivity contribution < 1.29 is 0 Å². The van der Waals surface area contributed by atoms with Gasteiger partial charge in [-0.05, 0) is 42.0 Å². The Morgan fingerprint density at radius 3 is 2.54 bits per heavy atom. The average Bonchev–Trinajstić information content (AvgIpc) is 2.92. The minimum absolute atomic E-state index is 0.333. The smallest absolute Gasteiger partial charge is 0.176 e. The van der Waals surface area contributed by atoms with Gasteiger partial charge in [0.2, 0.25) is 0 Å². The predicted molar refractivity (Wildman–Crippen MR) is 117 cm³/mol. The summed E-state index contributed by atoms with van der Waals surface area (Å²) in [6.45, 7) is 0.500. The highest BCUT2D eigenvalue weighted by Crippen LogP contribution is 2.26. The van der Waals surface area contributed by atoms with E-state index in [9.17, 15) is 0 Å². The Bertz CT molecular complexity index is 961. The van der Waals surface area contributed by atoms with Crippen LogP contribution in [0.1, 0.15) is 5.56 Å². The van der Waals surface area contributed by atoms with E-state index in [0.717, 1.165) is 10.0 Å². The highest BCUT2D eigenvalue weighted by Gasteiger charge is 2.11. The monoisotopic (exact) mass is 488 g/mol. The van der Waals surface area contributed by atoms with E-state index < -0.39 is 0 Å². The van der Waals surface area contributed by atoms with Crippen molar-refractivity contribution in [3.63, 3.8) is 0 Å². The molecule has 0 fully saturated rings. The summed E-state index contributed by atoms with van der Waals surface area (Å²) in [5, 5.41) is 12.4. The van der Waals surface area contributed by atoms with Gasteiger partial charge in [0.25, 0.3) is 0 Å². The number of nitrogens with one attached hydrogen (secondary N) is 2. The number of aromatic nitrogens is 2. The summed E-state index contributed by atoms with van der Waals surface area (Å²) in [4.78, 5) is 0. The molecule has 2 N–H and O–H groups in total. The molecule has 9 heteroatoms. The van der Waals surface area contributed by atoms with E-state index in [1.54, 1.807) is 16.9 Å². The normalized spacial score (nSPS) is 10.6. The summed E-state index contributed by atoms with van der Waals surface area (Å²) in [6.07, 6.45) is 1.71. The average molecular weight is 491 g/mol. The van der Waals surface area contributed by atoms with E-state index in [2.05, 4.69) is 31.7 Å². The number of halogens is 4. The van der Waals surface area contributed by atoms with Crippen molar-refractivity contribution in [1.82, 2.24) is 9.78 Å². The van der Waals surface area contributed by atoms with Crippen LogP contribution in [-0.2, 0) is 6.54 Å². The summed E-state index contributed by atoms with van der Waals surface area (Å²) >= 11 is 27.3. The molecule has 26 heavy (non-hydrogen) atoms. The minimum Gasteiger partial charge on any atom is -0.331 e. The summed E-state index contributed by atoms with van der Waals surface area (Å²) in [7, 11) is 0. The van der Waals surface area contributed by atoms with Crippen LogP contribution in [0.25, 0.3) is 0 Å². The van der Waals surface area contributed by atoms with Gasteiger partial charge in [0.15, 0.2) is 10.9 Å². The highest BCUT2D eigenvalue weighted by molar-refractivity contribution is 9.10. The topological polar surface area (TPSA) is 41.9 Å². The van der Waals surface area contributed by atoms with Gasteiger partial charge in [-0.15, -0.1) is 0 Å². The van der Waals surface area contributed by atoms with Crippen molar-refractivity contribution >= 4 is 79.6 Å². The van der Waals surface area contributed by atoms with Gasteiger partial charge in [0.1, 0.15) is 5.02 Å². The molecule has 0 saturated carbocycles. The van der Waals surface area contributed by atoms with Gasteiger partial charge < -0.3 is 10.6 Å². The maximum Gasteiger partial charge on any atom is 0.176 e. The molecule has 0 atom stereocenters. The Morgan fingerprint density at radius 2 is 1.81 bits per heavy atom. The molecule has 0 unspecified atom stereocenters. The van der Waals surface area contributed by atoms with E-state index >= 15 is 0 Å². The standard InChI is InChI=1S/C17H12BrCl3N4S/c18-11-5-6-15(13(20)7-11)22-17(26)23-16-14(21)9-25(24-16)8-10-3-1-2-4-12(10)19/h1-7,9H,8H2,(H2,22,23,24,26). The summed E-state index contributed by atoms with van der Waals surface area (Å²) < 4.78 is 2.58. The quantitative estimate of drug-likeness (QED) is 0.412. The zero-order chi connectivity index (χ0) is 18.7. The zero-order valence-corrected chi connectivity index (χ0v) is 17.8. The van der Waals surface area contributed by atoms with Crippen molar-refractivity contribution in [2.45, 2.75) is 6.54 Å². The SMILES string of the molecule is S=C(Nc1ccc(Br)cc1Cl)Nc1nn(Cc2ccccc2Cl)cc1Cl. The fraction of sp³-hybridized carbons (Fsp3) is 0.0588. The second-order valence-corrected chi connectivity index (χ2v) is 7.86. The summed E-state index contributed by atoms with van der Waals surface area (Å²) in [5.41, 5.74) is 1.63. The van der Waals surface area contributed by atoms with Gasteiger partial charge in [-0.25, -0.2) is 0 Å². The van der Waals surface area contributed by atoms with Crippen LogP contribution in [0.2, 0.25) is 15.1 Å². The lowest BCUT2D eigenvalue weighted by Crippen LogP contribution is -2.20. The summed E-state index contributed by atoms with van der Waals surface area (Å²) in [6, 6.07) is 13.0. The Hall–Kier alpha value is -1.31. The van der Waals surface area contributed by atoms with E-state index in [0.29, 0.717) is 38.2 Å². The molecule has 4 nitrogen and oxygen atoms in total. The van der Waals surface area contributed by atoms with Gasteiger partial charge in [0.05, 0.1) is 17.3 Å². The number of thiocarbonyl (C=S) groups is 1. The largest absolute Gasteiger partial charge is 0.331 e. The number of nitrogens with zero attached hydrogens (tertiary/aromatic N) is 2. The first-order valence-electron chi connectivity index (χ1n) is 7.42. The van der Waals surface area contributed by atoms with E-state index in [4.69, 9.17) is 47.0 Å². The van der Waals surface area contributed by atoms with Crippen LogP contribution < -0.4 is 10.6 Å². The fourth-order valence-electron chi connectivity index (χ4n) is 2.22. The number of hydrogen-bond donors (Lipinski definition) is 2. The Morgan fingerprint density at radius 1 is 1.04 bits per heavy atom. The van der Waals surface area contributed by atoms with Crippen molar-refractivity contribution in [1.29, 1.82) is 0 Å². The molecular weight excluding hydrogens is 479 g/mol. The third-order valence-electron chi connectivity index (χ3n) is 3.42. The molecular formula is C17H12BrCl3N4S. The molecule has 134 valence electrons. The maximum absolute atomic E-state index is 6.25. The zero-order valence-electron chi connectivity index (χ0n) is 13.1. The van der Waals surface area contributed by atoms with Crippen molar-refractivity contribution in [3.05, 3.63) is 73.8 Å². The van der Waals surface area contributed by atoms with Crippen LogP contribution in [0.15, 0.2) is 53.1 Å². The van der Waals surface area contributed by atoms with Crippen molar-refractivity contribution in [2.75, 3.05) is 10.6 Å². The van der Waals surface area contributed by atoms with Crippen LogP contribution in [-0.4, -0.2) is 14.9 Å². The maximum atomic E-state index is 6.25. The third-order valence-corrected chi connectivity index (χ3v) is 5.07. The van der Waals surface area contributed by atoms with Gasteiger partial charge in [-0.1, -0.05) is 68.9 Å². The van der Waals surface area contributed by atoms with Crippen molar-refractivity contribution in [2.24, 2.45) is 0 Å². The first-order valence-corrected chi connectivity index (χ1v) is 9.75. The van der Waals surface area contributed by atoms with Crippen LogP contribution >= 0.6 is 63.0 Å². The molecule has 0 aliphatic carbocycles. The molecule has 0 bridgehead atoms.